The summed E-state index contributed by atoms with van der Waals surface area (Å²) >= 11 is 0. The Hall–Kier alpha value is -0.810. The molecule has 0 spiro atoms. The van der Waals surface area contributed by atoms with Gasteiger partial charge in [0.1, 0.15) is 0 Å². The Kier molecular flexibility index (Phi) is 8.81. The van der Waals surface area contributed by atoms with Crippen LogP contribution < -0.4 is 5.73 Å². The lowest BCUT2D eigenvalue weighted by Gasteiger charge is -2.30. The predicted octanol–water partition coefficient (Wildman–Crippen LogP) is 2.24. The lowest BCUT2D eigenvalue weighted by atomic mass is 10.0. The van der Waals surface area contributed by atoms with Crippen LogP contribution in [0.25, 0.3) is 0 Å². The van der Waals surface area contributed by atoms with E-state index < -0.39 is 0 Å². The van der Waals surface area contributed by atoms with Crippen molar-refractivity contribution in [2.45, 2.75) is 25.4 Å². The molecule has 1 fully saturated rings. The predicted molar refractivity (Wildman–Crippen MR) is 84.8 cm³/mol. The number of rotatable bonds is 3. The molecule has 1 heterocycles. The molecule has 1 aliphatic heterocycles. The number of likely N-dealkylation sites (tertiary alicyclic amines) is 1. The summed E-state index contributed by atoms with van der Waals surface area (Å²) in [7, 11) is 1.42. The molecule has 4 nitrogen and oxygen atoms in total. The molecule has 1 aliphatic rings. The zero-order valence-electron chi connectivity index (χ0n) is 11.6. The lowest BCUT2D eigenvalue weighted by Crippen LogP contribution is -2.39. The van der Waals surface area contributed by atoms with Gasteiger partial charge in [-0.25, -0.2) is 4.79 Å². The molecule has 1 aromatic rings. The van der Waals surface area contributed by atoms with Gasteiger partial charge >= 0.3 is 5.97 Å². The number of carbonyl (C=O) groups is 1. The third-order valence-electron chi connectivity index (χ3n) is 3.45. The molecule has 0 unspecified atom stereocenters. The van der Waals surface area contributed by atoms with E-state index in [4.69, 9.17) is 10.5 Å². The number of carbonyl (C=O) groups excluding carboxylic acids is 1. The van der Waals surface area contributed by atoms with Crippen LogP contribution in [0.5, 0.6) is 0 Å². The van der Waals surface area contributed by atoms with E-state index in [1.54, 1.807) is 0 Å². The maximum absolute atomic E-state index is 11.7. The minimum Gasteiger partial charge on any atom is -0.465 e. The molecule has 0 radical (unpaired) electrons. The van der Waals surface area contributed by atoms with E-state index in [0.717, 1.165) is 38.0 Å². The highest BCUT2D eigenvalue weighted by Crippen LogP contribution is 2.16. The van der Waals surface area contributed by atoms with Gasteiger partial charge in [0, 0.05) is 12.6 Å². The zero-order valence-corrected chi connectivity index (χ0v) is 13.2. The summed E-state index contributed by atoms with van der Waals surface area (Å²) in [5.41, 5.74) is 7.58. The van der Waals surface area contributed by atoms with E-state index in [0.29, 0.717) is 11.6 Å². The van der Waals surface area contributed by atoms with E-state index in [2.05, 4.69) is 4.90 Å². The van der Waals surface area contributed by atoms with Crippen molar-refractivity contribution in [3.8, 4) is 0 Å². The molecule has 0 atom stereocenters. The van der Waals surface area contributed by atoms with Gasteiger partial charge in [0.05, 0.1) is 12.7 Å². The first kappa shape index (κ1) is 19.2. The van der Waals surface area contributed by atoms with E-state index in [-0.39, 0.29) is 30.8 Å². The summed E-state index contributed by atoms with van der Waals surface area (Å²) in [6.45, 7) is 2.78. The lowest BCUT2D eigenvalue weighted by molar-refractivity contribution is 0.0598. The van der Waals surface area contributed by atoms with Gasteiger partial charge in [0.25, 0.3) is 0 Å². The molecule has 114 valence electrons. The van der Waals surface area contributed by atoms with Crippen molar-refractivity contribution >= 4 is 30.8 Å². The number of methoxy groups -OCH3 is 1. The molecular formula is C14H22Cl2N2O2. The fraction of sp³-hybridized carbons (Fsp3) is 0.500. The first-order chi connectivity index (χ1) is 8.70. The van der Waals surface area contributed by atoms with Crippen LogP contribution in [0.4, 0.5) is 0 Å². The van der Waals surface area contributed by atoms with Crippen LogP contribution in [0.2, 0.25) is 0 Å². The first-order valence-corrected chi connectivity index (χ1v) is 6.35. The van der Waals surface area contributed by atoms with Crippen LogP contribution in [0, 0.1) is 0 Å². The van der Waals surface area contributed by atoms with Crippen LogP contribution in [-0.4, -0.2) is 37.1 Å². The van der Waals surface area contributed by atoms with Gasteiger partial charge in [-0.05, 0) is 37.6 Å². The second-order valence-electron chi connectivity index (χ2n) is 4.76. The van der Waals surface area contributed by atoms with Crippen LogP contribution >= 0.6 is 24.8 Å². The summed E-state index contributed by atoms with van der Waals surface area (Å²) in [5, 5.41) is 0. The minimum atomic E-state index is -0.265. The van der Waals surface area contributed by atoms with Crippen LogP contribution in [0.15, 0.2) is 24.3 Å². The number of esters is 1. The number of hydrogen-bond donors (Lipinski definition) is 1. The highest BCUT2D eigenvalue weighted by Gasteiger charge is 2.18. The Bertz CT molecular complexity index is 421. The highest BCUT2D eigenvalue weighted by molar-refractivity contribution is 5.90. The molecule has 20 heavy (non-hydrogen) atoms. The third-order valence-corrected chi connectivity index (χ3v) is 3.45. The van der Waals surface area contributed by atoms with Gasteiger partial charge < -0.3 is 10.5 Å². The van der Waals surface area contributed by atoms with Gasteiger partial charge in [-0.15, -0.1) is 24.8 Å². The van der Waals surface area contributed by atoms with Crippen molar-refractivity contribution in [3.05, 3.63) is 35.4 Å². The number of ether oxygens (including phenoxy) is 1. The quantitative estimate of drug-likeness (QED) is 0.868. The minimum absolute atomic E-state index is 0. The second kappa shape index (κ2) is 9.19. The molecule has 0 saturated carbocycles. The molecule has 1 saturated heterocycles. The van der Waals surface area contributed by atoms with Crippen molar-refractivity contribution in [1.82, 2.24) is 4.90 Å². The molecular weight excluding hydrogens is 299 g/mol. The van der Waals surface area contributed by atoms with Gasteiger partial charge in [-0.1, -0.05) is 18.2 Å². The number of piperidine rings is 1. The Morgan fingerprint density at radius 1 is 1.30 bits per heavy atom. The number of nitrogens with two attached hydrogens (primary N) is 1. The van der Waals surface area contributed by atoms with E-state index in [9.17, 15) is 4.79 Å². The average Bonchev–Trinajstić information content (AvgIpc) is 2.41. The summed E-state index contributed by atoms with van der Waals surface area (Å²) in [5.74, 6) is -0.265. The van der Waals surface area contributed by atoms with Crippen molar-refractivity contribution in [2.75, 3.05) is 20.2 Å². The smallest absolute Gasteiger partial charge is 0.338 e. The maximum Gasteiger partial charge on any atom is 0.338 e. The van der Waals surface area contributed by atoms with Gasteiger partial charge in [0.2, 0.25) is 0 Å². The molecule has 2 N–H and O–H groups in total. The fourth-order valence-electron chi connectivity index (χ4n) is 2.32. The standard InChI is InChI=1S/C14H20N2O2.2ClH/c1-18-14(17)13-5-3-2-4-11(13)10-16-8-6-12(15)7-9-16;;/h2-5,12H,6-10,15H2,1H3;2*1H. The van der Waals surface area contributed by atoms with Crippen molar-refractivity contribution in [1.29, 1.82) is 0 Å². The first-order valence-electron chi connectivity index (χ1n) is 6.35. The van der Waals surface area contributed by atoms with Crippen LogP contribution in [0.1, 0.15) is 28.8 Å². The van der Waals surface area contributed by atoms with Gasteiger partial charge in [-0.2, -0.15) is 0 Å². The van der Waals surface area contributed by atoms with E-state index in [1.807, 2.05) is 24.3 Å². The van der Waals surface area contributed by atoms with Crippen molar-refractivity contribution < 1.29 is 9.53 Å². The molecule has 2 rings (SSSR count). The normalized spacial score (nSPS) is 15.9. The summed E-state index contributed by atoms with van der Waals surface area (Å²) in [4.78, 5) is 14.0. The zero-order chi connectivity index (χ0) is 13.0. The third kappa shape index (κ3) is 4.94. The number of nitrogens with zero attached hydrogens (tertiary/aromatic N) is 1. The second-order valence-corrected chi connectivity index (χ2v) is 4.76. The number of benzene rings is 1. The molecule has 0 amide bonds. The Balaban J connectivity index is 0.00000180. The van der Waals surface area contributed by atoms with Gasteiger partial charge in [0.15, 0.2) is 0 Å². The van der Waals surface area contributed by atoms with E-state index >= 15 is 0 Å². The monoisotopic (exact) mass is 320 g/mol. The summed E-state index contributed by atoms with van der Waals surface area (Å²) in [6, 6.07) is 7.95. The van der Waals surface area contributed by atoms with E-state index in [1.165, 1.54) is 7.11 Å². The van der Waals surface area contributed by atoms with Crippen LogP contribution in [-0.2, 0) is 11.3 Å². The molecule has 6 heteroatoms. The topological polar surface area (TPSA) is 55.6 Å². The number of hydrogen-bond acceptors (Lipinski definition) is 4. The molecule has 0 bridgehead atoms. The maximum atomic E-state index is 11.7. The number of halogens is 2. The molecule has 0 aromatic heterocycles. The average molecular weight is 321 g/mol. The Morgan fingerprint density at radius 3 is 2.50 bits per heavy atom. The highest BCUT2D eigenvalue weighted by atomic mass is 35.5. The Labute approximate surface area is 132 Å². The summed E-state index contributed by atoms with van der Waals surface area (Å²) < 4.78 is 4.81. The van der Waals surface area contributed by atoms with Crippen molar-refractivity contribution in [2.24, 2.45) is 5.73 Å². The Morgan fingerprint density at radius 2 is 1.90 bits per heavy atom. The van der Waals surface area contributed by atoms with Crippen LogP contribution in [0.3, 0.4) is 0 Å². The SMILES string of the molecule is COC(=O)c1ccccc1CN1CCC(N)CC1.Cl.Cl. The van der Waals surface area contributed by atoms with Gasteiger partial charge in [-0.3, -0.25) is 4.90 Å². The summed E-state index contributed by atoms with van der Waals surface area (Å²) in [6.07, 6.45) is 2.06. The fourth-order valence-corrected chi connectivity index (χ4v) is 2.32. The molecule has 1 aromatic carbocycles. The largest absolute Gasteiger partial charge is 0.465 e. The molecule has 0 aliphatic carbocycles. The van der Waals surface area contributed by atoms with Crippen molar-refractivity contribution in [3.63, 3.8) is 0 Å².